The molecule has 0 amide bonds. The average Bonchev–Trinajstić information content (AvgIpc) is 2.99. The molecule has 0 fully saturated rings. The molecule has 1 aromatic heterocycles. The molecule has 1 heterocycles. The highest BCUT2D eigenvalue weighted by Gasteiger charge is 2.25. The van der Waals surface area contributed by atoms with Crippen LogP contribution in [0.3, 0.4) is 0 Å². The van der Waals surface area contributed by atoms with E-state index in [1.165, 1.54) is 13.2 Å². The summed E-state index contributed by atoms with van der Waals surface area (Å²) in [6.07, 6.45) is 0.701. The van der Waals surface area contributed by atoms with Gasteiger partial charge in [-0.1, -0.05) is 25.1 Å². The molecule has 0 spiro atoms. The molecule has 0 aliphatic carbocycles. The van der Waals surface area contributed by atoms with Crippen molar-refractivity contribution in [2.45, 2.75) is 25.2 Å². The molecule has 0 bridgehead atoms. The number of carbonyl (C=O) groups is 1. The summed E-state index contributed by atoms with van der Waals surface area (Å²) in [4.78, 5) is 11.7. The molecule has 5 nitrogen and oxygen atoms in total. The summed E-state index contributed by atoms with van der Waals surface area (Å²) in [5.74, 6) is -0.657. The normalized spacial score (nSPS) is 11.2. The Labute approximate surface area is 134 Å². The molecule has 0 saturated carbocycles. The molecule has 0 aliphatic heterocycles. The van der Waals surface area contributed by atoms with E-state index < -0.39 is 16.0 Å². The number of hydrogen-bond donors (Lipinski definition) is 1. The van der Waals surface area contributed by atoms with Crippen LogP contribution in [0.5, 0.6) is 0 Å². The summed E-state index contributed by atoms with van der Waals surface area (Å²) < 4.78 is 32.5. The Morgan fingerprint density at radius 2 is 2.05 bits per heavy atom. The number of benzene rings is 1. The molecule has 22 heavy (non-hydrogen) atoms. The lowest BCUT2D eigenvalue weighted by Gasteiger charge is -2.14. The number of ether oxygens (including phenoxy) is 1. The first-order valence-electron chi connectivity index (χ1n) is 6.67. The van der Waals surface area contributed by atoms with Gasteiger partial charge in [-0.05, 0) is 35.9 Å². The fraction of sp³-hybridized carbons (Fsp3) is 0.267. The number of esters is 1. The number of methoxy groups -OCH3 is 1. The van der Waals surface area contributed by atoms with Crippen LogP contribution in [-0.4, -0.2) is 21.5 Å². The first kappa shape index (κ1) is 16.5. The lowest BCUT2D eigenvalue weighted by molar-refractivity contribution is 0.0602. The minimum absolute atomic E-state index is 0.0605. The minimum Gasteiger partial charge on any atom is -0.465 e. The maximum atomic E-state index is 12.6. The van der Waals surface area contributed by atoms with Gasteiger partial charge < -0.3 is 4.74 Å². The van der Waals surface area contributed by atoms with E-state index in [1.54, 1.807) is 5.38 Å². The van der Waals surface area contributed by atoms with Gasteiger partial charge in [-0.15, -0.1) is 11.3 Å². The fourth-order valence-electron chi connectivity index (χ4n) is 2.11. The van der Waals surface area contributed by atoms with Gasteiger partial charge in [0, 0.05) is 0 Å². The van der Waals surface area contributed by atoms with Crippen molar-refractivity contribution in [2.24, 2.45) is 0 Å². The Bertz CT molecular complexity index is 794. The van der Waals surface area contributed by atoms with Gasteiger partial charge in [0.15, 0.2) is 0 Å². The van der Waals surface area contributed by atoms with Gasteiger partial charge in [-0.25, -0.2) is 13.2 Å². The van der Waals surface area contributed by atoms with Crippen LogP contribution in [0.25, 0.3) is 0 Å². The molecular weight excluding hydrogens is 322 g/mol. The standard InChI is InChI=1S/C15H17NO4S2/c1-4-11-7-5-6-10(2)13(11)16-22(18,19)12-8-9-21-14(12)15(17)20-3/h5-9,16H,4H2,1-3H3. The van der Waals surface area contributed by atoms with E-state index in [9.17, 15) is 13.2 Å². The van der Waals surface area contributed by atoms with E-state index in [0.717, 1.165) is 22.5 Å². The quantitative estimate of drug-likeness (QED) is 0.849. The van der Waals surface area contributed by atoms with E-state index in [2.05, 4.69) is 9.46 Å². The van der Waals surface area contributed by atoms with Crippen LogP contribution in [0.4, 0.5) is 5.69 Å². The summed E-state index contributed by atoms with van der Waals surface area (Å²) in [5.41, 5.74) is 2.29. The number of nitrogens with one attached hydrogen (secondary N) is 1. The third kappa shape index (κ3) is 3.15. The van der Waals surface area contributed by atoms with Gasteiger partial charge >= 0.3 is 5.97 Å². The molecule has 0 saturated heterocycles. The van der Waals surface area contributed by atoms with Gasteiger partial charge in [0.2, 0.25) is 0 Å². The second kappa shape index (κ2) is 6.50. The maximum Gasteiger partial charge on any atom is 0.349 e. The largest absolute Gasteiger partial charge is 0.465 e. The van der Waals surface area contributed by atoms with Crippen LogP contribution >= 0.6 is 11.3 Å². The Balaban J connectivity index is 2.46. The summed E-state index contributed by atoms with van der Waals surface area (Å²) in [5, 5.41) is 1.55. The van der Waals surface area contributed by atoms with E-state index in [-0.39, 0.29) is 9.77 Å². The van der Waals surface area contributed by atoms with Crippen molar-refractivity contribution in [3.63, 3.8) is 0 Å². The minimum atomic E-state index is -3.85. The van der Waals surface area contributed by atoms with Crippen LogP contribution < -0.4 is 4.72 Å². The van der Waals surface area contributed by atoms with Crippen molar-refractivity contribution in [3.8, 4) is 0 Å². The number of hydrogen-bond acceptors (Lipinski definition) is 5. The lowest BCUT2D eigenvalue weighted by atomic mass is 10.1. The molecule has 2 aromatic rings. The van der Waals surface area contributed by atoms with Crippen LogP contribution in [0.2, 0.25) is 0 Å². The summed E-state index contributed by atoms with van der Waals surface area (Å²) in [7, 11) is -2.63. The zero-order valence-electron chi connectivity index (χ0n) is 12.5. The zero-order chi connectivity index (χ0) is 16.3. The second-order valence-electron chi connectivity index (χ2n) is 4.67. The first-order chi connectivity index (χ1) is 10.4. The third-order valence-electron chi connectivity index (χ3n) is 3.27. The maximum absolute atomic E-state index is 12.6. The van der Waals surface area contributed by atoms with Crippen LogP contribution in [0, 0.1) is 6.92 Å². The molecule has 0 aliphatic rings. The van der Waals surface area contributed by atoms with E-state index >= 15 is 0 Å². The molecule has 118 valence electrons. The smallest absolute Gasteiger partial charge is 0.349 e. The number of para-hydroxylation sites is 1. The molecule has 1 N–H and O–H groups in total. The van der Waals surface area contributed by atoms with Crippen molar-refractivity contribution in [1.82, 2.24) is 0 Å². The number of rotatable bonds is 5. The van der Waals surface area contributed by atoms with Crippen molar-refractivity contribution in [2.75, 3.05) is 11.8 Å². The summed E-state index contributed by atoms with van der Waals surface area (Å²) in [6.45, 7) is 3.79. The Morgan fingerprint density at radius 1 is 1.32 bits per heavy atom. The second-order valence-corrected chi connectivity index (χ2v) is 7.24. The van der Waals surface area contributed by atoms with Gasteiger partial charge in [-0.3, -0.25) is 4.72 Å². The molecule has 1 aromatic carbocycles. The van der Waals surface area contributed by atoms with Crippen LogP contribution in [-0.2, 0) is 21.2 Å². The Kier molecular flexibility index (Phi) is 4.87. The number of aryl methyl sites for hydroxylation is 2. The highest BCUT2D eigenvalue weighted by Crippen LogP contribution is 2.28. The number of thiophene rings is 1. The van der Waals surface area contributed by atoms with Gasteiger partial charge in [0.25, 0.3) is 10.0 Å². The highest BCUT2D eigenvalue weighted by molar-refractivity contribution is 7.93. The molecule has 0 atom stereocenters. The Morgan fingerprint density at radius 3 is 2.68 bits per heavy atom. The predicted molar refractivity (Wildman–Crippen MR) is 87.0 cm³/mol. The van der Waals surface area contributed by atoms with Crippen LogP contribution in [0.1, 0.15) is 27.7 Å². The van der Waals surface area contributed by atoms with E-state index in [4.69, 9.17) is 0 Å². The van der Waals surface area contributed by atoms with Gasteiger partial charge in [0.1, 0.15) is 9.77 Å². The molecule has 2 rings (SSSR count). The van der Waals surface area contributed by atoms with Crippen molar-refractivity contribution in [3.05, 3.63) is 45.6 Å². The first-order valence-corrected chi connectivity index (χ1v) is 9.04. The summed E-state index contributed by atoms with van der Waals surface area (Å²) >= 11 is 1.04. The predicted octanol–water partition coefficient (Wildman–Crippen LogP) is 3.21. The zero-order valence-corrected chi connectivity index (χ0v) is 14.2. The monoisotopic (exact) mass is 339 g/mol. The number of sulfonamides is 1. The number of carbonyl (C=O) groups excluding carboxylic acids is 1. The average molecular weight is 339 g/mol. The molecule has 0 unspecified atom stereocenters. The summed E-state index contributed by atoms with van der Waals surface area (Å²) in [6, 6.07) is 7.01. The number of anilines is 1. The fourth-order valence-corrected chi connectivity index (χ4v) is 4.62. The molecule has 0 radical (unpaired) electrons. The van der Waals surface area contributed by atoms with Crippen LogP contribution in [0.15, 0.2) is 34.5 Å². The van der Waals surface area contributed by atoms with Crippen molar-refractivity contribution in [1.29, 1.82) is 0 Å². The molecule has 7 heteroatoms. The highest BCUT2D eigenvalue weighted by atomic mass is 32.2. The van der Waals surface area contributed by atoms with Gasteiger partial charge in [-0.2, -0.15) is 0 Å². The van der Waals surface area contributed by atoms with E-state index in [0.29, 0.717) is 12.1 Å². The Hall–Kier alpha value is -1.86. The molecular formula is C15H17NO4S2. The SMILES string of the molecule is CCc1cccc(C)c1NS(=O)(=O)c1ccsc1C(=O)OC. The third-order valence-corrected chi connectivity index (χ3v) is 5.68. The van der Waals surface area contributed by atoms with Gasteiger partial charge in [0.05, 0.1) is 12.8 Å². The van der Waals surface area contributed by atoms with Crippen molar-refractivity contribution < 1.29 is 17.9 Å². The van der Waals surface area contributed by atoms with Crippen molar-refractivity contribution >= 4 is 33.0 Å². The lowest BCUT2D eigenvalue weighted by Crippen LogP contribution is -2.17. The topological polar surface area (TPSA) is 72.5 Å². The van der Waals surface area contributed by atoms with E-state index in [1.807, 2.05) is 32.0 Å².